The van der Waals surface area contributed by atoms with Crippen molar-refractivity contribution < 1.29 is 19.5 Å². The lowest BCUT2D eigenvalue weighted by atomic mass is 9.70. The zero-order valence-corrected chi connectivity index (χ0v) is 24.1. The van der Waals surface area contributed by atoms with Crippen molar-refractivity contribution in [3.05, 3.63) is 54.6 Å². The monoisotopic (exact) mass is 609 g/mol. The van der Waals surface area contributed by atoms with E-state index >= 15 is 0 Å². The Morgan fingerprint density at radius 1 is 1.24 bits per heavy atom. The van der Waals surface area contributed by atoms with Crippen molar-refractivity contribution in [3.63, 3.8) is 0 Å². The zero-order valence-electron chi connectivity index (χ0n) is 20.9. The zero-order chi connectivity index (χ0) is 26.9. The number of carbonyl (C=O) groups excluding carboxylic acids is 3. The van der Waals surface area contributed by atoms with Crippen LogP contribution in [0.15, 0.2) is 49.6 Å². The Hall–Kier alpha value is -1.81. The van der Waals surface area contributed by atoms with Crippen molar-refractivity contribution in [2.24, 2.45) is 11.8 Å². The van der Waals surface area contributed by atoms with Gasteiger partial charge in [0.1, 0.15) is 6.04 Å². The number of nitrogens with zero attached hydrogens (tertiary/aromatic N) is 3. The van der Waals surface area contributed by atoms with Gasteiger partial charge in [0, 0.05) is 47.0 Å². The molecule has 1 aromatic carbocycles. The number of halogens is 2. The molecule has 3 amide bonds. The maximum atomic E-state index is 14.3. The molecule has 3 unspecified atom stereocenters. The minimum atomic E-state index is -0.820. The first-order chi connectivity index (χ1) is 17.7. The van der Waals surface area contributed by atoms with E-state index in [9.17, 15) is 19.5 Å². The van der Waals surface area contributed by atoms with Gasteiger partial charge in [0.15, 0.2) is 0 Å². The third-order valence-electron chi connectivity index (χ3n) is 7.52. The minimum Gasteiger partial charge on any atom is -0.395 e. The van der Waals surface area contributed by atoms with Crippen molar-refractivity contribution in [1.82, 2.24) is 9.80 Å². The number of anilines is 1. The first-order valence-electron chi connectivity index (χ1n) is 12.6. The molecule has 0 aliphatic carbocycles. The maximum absolute atomic E-state index is 14.3. The number of hydrogen-bond acceptors (Lipinski definition) is 5. The number of alkyl halides is 1. The number of thioether (sulfide) groups is 1. The molecule has 37 heavy (non-hydrogen) atoms. The van der Waals surface area contributed by atoms with E-state index in [1.807, 2.05) is 6.92 Å². The lowest BCUT2D eigenvalue weighted by Crippen LogP contribution is -2.56. The van der Waals surface area contributed by atoms with Crippen LogP contribution in [0.2, 0.25) is 5.02 Å². The second kappa shape index (κ2) is 11.5. The summed E-state index contributed by atoms with van der Waals surface area (Å²) < 4.78 is -0.777. The summed E-state index contributed by atoms with van der Waals surface area (Å²) in [5, 5.41) is 10.3. The predicted molar refractivity (Wildman–Crippen MR) is 152 cm³/mol. The largest absolute Gasteiger partial charge is 0.395 e. The van der Waals surface area contributed by atoms with Gasteiger partial charge in [-0.15, -0.1) is 24.9 Å². The molecule has 6 atom stereocenters. The fourth-order valence-corrected chi connectivity index (χ4v) is 9.91. The van der Waals surface area contributed by atoms with E-state index in [2.05, 4.69) is 29.1 Å². The van der Waals surface area contributed by atoms with E-state index in [1.165, 1.54) is 4.90 Å². The van der Waals surface area contributed by atoms with Crippen molar-refractivity contribution >= 4 is 62.7 Å². The highest BCUT2D eigenvalue weighted by atomic mass is 79.9. The summed E-state index contributed by atoms with van der Waals surface area (Å²) in [6.45, 7) is 10.6. The summed E-state index contributed by atoms with van der Waals surface area (Å²) in [5.74, 6) is -1.73. The van der Waals surface area contributed by atoms with Crippen molar-refractivity contribution in [2.45, 2.75) is 40.6 Å². The number of hydrogen-bond donors (Lipinski definition) is 1. The third kappa shape index (κ3) is 4.77. The minimum absolute atomic E-state index is 0.0181. The summed E-state index contributed by atoms with van der Waals surface area (Å²) >= 11 is 11.5. The molecule has 1 aromatic rings. The van der Waals surface area contributed by atoms with E-state index in [0.717, 1.165) is 6.42 Å². The summed E-state index contributed by atoms with van der Waals surface area (Å²) in [6, 6.07) is 6.15. The first-order valence-corrected chi connectivity index (χ1v) is 14.7. The van der Waals surface area contributed by atoms with E-state index in [4.69, 9.17) is 11.6 Å². The quantitative estimate of drug-likeness (QED) is 0.305. The normalized spacial score (nSPS) is 29.8. The van der Waals surface area contributed by atoms with Crippen LogP contribution in [0.3, 0.4) is 0 Å². The van der Waals surface area contributed by atoms with Crippen LogP contribution in [0.5, 0.6) is 0 Å². The van der Waals surface area contributed by atoms with Crippen LogP contribution in [0, 0.1) is 11.8 Å². The van der Waals surface area contributed by atoms with Gasteiger partial charge in [0.25, 0.3) is 5.91 Å². The molecule has 2 bridgehead atoms. The lowest BCUT2D eigenvalue weighted by Gasteiger charge is -2.38. The molecule has 3 saturated heterocycles. The average Bonchev–Trinajstić information content (AvgIpc) is 3.46. The van der Waals surface area contributed by atoms with Gasteiger partial charge in [0.05, 0.1) is 23.2 Å². The molecule has 1 N–H and O–H groups in total. The van der Waals surface area contributed by atoms with Gasteiger partial charge in [-0.3, -0.25) is 14.4 Å². The molecular weight excluding hydrogens is 578 g/mol. The molecule has 0 aromatic heterocycles. The van der Waals surface area contributed by atoms with Crippen LogP contribution in [0.1, 0.15) is 19.8 Å². The summed E-state index contributed by atoms with van der Waals surface area (Å²) in [7, 11) is 0. The number of fused-ring (bicyclic) bond motifs is 1. The van der Waals surface area contributed by atoms with Crippen LogP contribution in [0.25, 0.3) is 0 Å². The maximum Gasteiger partial charge on any atom is 0.251 e. The molecule has 3 fully saturated rings. The number of benzene rings is 1. The molecule has 3 heterocycles. The van der Waals surface area contributed by atoms with Gasteiger partial charge in [-0.2, -0.15) is 0 Å². The Balaban J connectivity index is 1.77. The highest BCUT2D eigenvalue weighted by Crippen LogP contribution is 2.68. The standard InChI is InChI=1S/C27H33BrClN3O4S/c1-4-11-30(12-5-2)24(34)20-21-25(35)32(14-15-33)23(27(21)16-19(28)22(20)37-27)26(36)31(13-6-3)18-9-7-17(29)8-10-18/h4,6-10,19-23,33H,1,3,5,11-16H2,2H3/t19?,20-,21-,22-,23?,27?/m0/s1. The Morgan fingerprint density at radius 3 is 2.51 bits per heavy atom. The average molecular weight is 611 g/mol. The van der Waals surface area contributed by atoms with Gasteiger partial charge in [0.2, 0.25) is 11.8 Å². The number of rotatable bonds is 11. The Bertz CT molecular complexity index is 1070. The number of amides is 3. The summed E-state index contributed by atoms with van der Waals surface area (Å²) in [5.41, 5.74) is 0.645. The molecule has 200 valence electrons. The van der Waals surface area contributed by atoms with E-state index < -0.39 is 22.6 Å². The van der Waals surface area contributed by atoms with Gasteiger partial charge in [-0.25, -0.2) is 0 Å². The molecule has 3 aliphatic heterocycles. The van der Waals surface area contributed by atoms with Crippen LogP contribution in [-0.2, 0) is 14.4 Å². The van der Waals surface area contributed by atoms with E-state index in [-0.39, 0.29) is 47.5 Å². The number of likely N-dealkylation sites (tertiary alicyclic amines) is 1. The number of β-amino-alcohol motifs (C(OH)–C–C–N with tert-alkyl or cyclic N) is 1. The van der Waals surface area contributed by atoms with Crippen LogP contribution >= 0.6 is 39.3 Å². The van der Waals surface area contributed by atoms with Crippen molar-refractivity contribution in [1.29, 1.82) is 0 Å². The second-order valence-corrected chi connectivity index (χ2v) is 12.9. The fourth-order valence-electron chi connectivity index (χ4n) is 6.19. The highest BCUT2D eigenvalue weighted by Gasteiger charge is 2.76. The van der Waals surface area contributed by atoms with E-state index in [1.54, 1.807) is 58.0 Å². The molecular formula is C27H33BrClN3O4S. The molecule has 1 spiro atoms. The number of carbonyl (C=O) groups is 3. The van der Waals surface area contributed by atoms with Crippen LogP contribution in [0.4, 0.5) is 5.69 Å². The molecule has 4 rings (SSSR count). The number of aliphatic hydroxyl groups is 1. The highest BCUT2D eigenvalue weighted by molar-refractivity contribution is 9.09. The fraction of sp³-hybridized carbons (Fsp3) is 0.519. The first kappa shape index (κ1) is 28.2. The second-order valence-electron chi connectivity index (χ2n) is 9.71. The topological polar surface area (TPSA) is 81.2 Å². The molecule has 7 nitrogen and oxygen atoms in total. The molecule has 3 aliphatic rings. The van der Waals surface area contributed by atoms with Crippen LogP contribution < -0.4 is 4.90 Å². The van der Waals surface area contributed by atoms with Gasteiger partial charge in [-0.1, -0.05) is 46.6 Å². The Morgan fingerprint density at radius 2 is 1.92 bits per heavy atom. The van der Waals surface area contributed by atoms with Crippen LogP contribution in [-0.4, -0.2) is 86.3 Å². The number of aliphatic hydroxyl groups excluding tert-OH is 1. The Labute approximate surface area is 236 Å². The molecule has 0 saturated carbocycles. The van der Waals surface area contributed by atoms with Gasteiger partial charge < -0.3 is 19.8 Å². The SMILES string of the molecule is C=CCN(CCC)C(=O)[C@H]1[C@H]2C(=O)N(CCO)C(C(=O)N(CC=C)c3ccc(Cl)cc3)C23CC(Br)[C@@H]1S3. The summed E-state index contributed by atoms with van der Waals surface area (Å²) in [6.07, 6.45) is 4.72. The predicted octanol–water partition coefficient (Wildman–Crippen LogP) is 3.74. The van der Waals surface area contributed by atoms with Crippen molar-refractivity contribution in [2.75, 3.05) is 37.7 Å². The molecule has 10 heteroatoms. The van der Waals surface area contributed by atoms with Crippen molar-refractivity contribution in [3.8, 4) is 0 Å². The lowest BCUT2D eigenvalue weighted by molar-refractivity contribution is -0.144. The summed E-state index contributed by atoms with van der Waals surface area (Å²) in [4.78, 5) is 47.1. The Kier molecular flexibility index (Phi) is 8.78. The molecule has 0 radical (unpaired) electrons. The van der Waals surface area contributed by atoms with Gasteiger partial charge in [-0.05, 0) is 37.1 Å². The van der Waals surface area contributed by atoms with E-state index in [0.29, 0.717) is 30.2 Å². The third-order valence-corrected chi connectivity index (χ3v) is 11.0. The smallest absolute Gasteiger partial charge is 0.251 e. The van der Waals surface area contributed by atoms with Gasteiger partial charge >= 0.3 is 0 Å².